The van der Waals surface area contributed by atoms with Crippen molar-refractivity contribution in [3.05, 3.63) is 56.6 Å². The van der Waals surface area contributed by atoms with Gasteiger partial charge in [-0.1, -0.05) is 11.6 Å². The minimum Gasteiger partial charge on any atom is -0.388 e. The number of nitrogens with one attached hydrogen (secondary N) is 2. The number of anilines is 2. The summed E-state index contributed by atoms with van der Waals surface area (Å²) in [6.45, 7) is 0. The van der Waals surface area contributed by atoms with Gasteiger partial charge in [0.05, 0.1) is 5.69 Å². The third-order valence-corrected chi connectivity index (χ3v) is 3.74. The van der Waals surface area contributed by atoms with Crippen LogP contribution in [-0.4, -0.2) is 13.0 Å². The van der Waals surface area contributed by atoms with Crippen molar-refractivity contribution < 1.29 is 4.79 Å². The number of hydrogen-bond donors (Lipinski definition) is 2. The third-order valence-electron chi connectivity index (χ3n) is 2.62. The molecule has 2 N–H and O–H groups in total. The fraction of sp³-hybridized carbons (Fsp3) is 0.0714. The van der Waals surface area contributed by atoms with E-state index < -0.39 is 0 Å². The highest BCUT2D eigenvalue weighted by molar-refractivity contribution is 14.1. The van der Waals surface area contributed by atoms with E-state index >= 15 is 0 Å². The molecule has 1 amide bonds. The molecule has 19 heavy (non-hydrogen) atoms. The van der Waals surface area contributed by atoms with Gasteiger partial charge in [-0.3, -0.25) is 4.79 Å². The minimum atomic E-state index is -0.136. The van der Waals surface area contributed by atoms with Gasteiger partial charge in [-0.25, -0.2) is 0 Å². The van der Waals surface area contributed by atoms with Gasteiger partial charge in [0.2, 0.25) is 0 Å². The molecule has 0 aliphatic heterocycles. The smallest absolute Gasteiger partial charge is 0.255 e. The number of hydrogen-bond acceptors (Lipinski definition) is 2. The molecule has 0 bridgehead atoms. The summed E-state index contributed by atoms with van der Waals surface area (Å²) < 4.78 is 0.908. The Hall–Kier alpha value is -1.27. The molecule has 0 heterocycles. The van der Waals surface area contributed by atoms with Crippen molar-refractivity contribution in [2.45, 2.75) is 0 Å². The monoisotopic (exact) mass is 386 g/mol. The largest absolute Gasteiger partial charge is 0.388 e. The zero-order valence-corrected chi connectivity index (χ0v) is 13.1. The first-order valence-corrected chi connectivity index (χ1v) is 7.10. The van der Waals surface area contributed by atoms with Crippen molar-refractivity contribution in [2.75, 3.05) is 17.7 Å². The Morgan fingerprint density at radius 1 is 1.16 bits per heavy atom. The minimum absolute atomic E-state index is 0.136. The summed E-state index contributed by atoms with van der Waals surface area (Å²) >= 11 is 8.02. The predicted molar refractivity (Wildman–Crippen MR) is 88.1 cm³/mol. The SMILES string of the molecule is CNc1ccc(C(=O)Nc2ccc(Cl)cc2I)cc1. The molecule has 2 aromatic rings. The van der Waals surface area contributed by atoms with E-state index in [2.05, 4.69) is 33.2 Å². The number of halogens is 2. The summed E-state index contributed by atoms with van der Waals surface area (Å²) in [5.74, 6) is -0.136. The van der Waals surface area contributed by atoms with E-state index in [1.807, 2.05) is 25.2 Å². The quantitative estimate of drug-likeness (QED) is 0.775. The molecular weight excluding hydrogens is 375 g/mol. The molecular formula is C14H12ClIN2O. The highest BCUT2D eigenvalue weighted by Gasteiger charge is 2.08. The van der Waals surface area contributed by atoms with Gasteiger partial charge in [0.25, 0.3) is 5.91 Å². The topological polar surface area (TPSA) is 41.1 Å². The maximum absolute atomic E-state index is 12.1. The van der Waals surface area contributed by atoms with Gasteiger partial charge < -0.3 is 10.6 Å². The van der Waals surface area contributed by atoms with Crippen molar-refractivity contribution in [3.8, 4) is 0 Å². The molecule has 2 rings (SSSR count). The van der Waals surface area contributed by atoms with Gasteiger partial charge in [0.15, 0.2) is 0 Å². The lowest BCUT2D eigenvalue weighted by atomic mass is 10.2. The summed E-state index contributed by atoms with van der Waals surface area (Å²) in [5.41, 5.74) is 2.34. The van der Waals surface area contributed by atoms with Crippen LogP contribution in [0, 0.1) is 3.57 Å². The maximum atomic E-state index is 12.1. The van der Waals surface area contributed by atoms with Crippen LogP contribution < -0.4 is 10.6 Å². The lowest BCUT2D eigenvalue weighted by Gasteiger charge is -2.08. The van der Waals surface area contributed by atoms with Gasteiger partial charge in [0, 0.05) is 26.9 Å². The van der Waals surface area contributed by atoms with Crippen molar-refractivity contribution >= 4 is 51.5 Å². The van der Waals surface area contributed by atoms with Crippen LogP contribution in [0.15, 0.2) is 42.5 Å². The molecule has 0 aliphatic carbocycles. The number of carbonyl (C=O) groups is 1. The van der Waals surface area contributed by atoms with E-state index in [-0.39, 0.29) is 5.91 Å². The van der Waals surface area contributed by atoms with Gasteiger partial charge in [-0.2, -0.15) is 0 Å². The highest BCUT2D eigenvalue weighted by atomic mass is 127. The van der Waals surface area contributed by atoms with Crippen molar-refractivity contribution in [1.82, 2.24) is 0 Å². The standard InChI is InChI=1S/C14H12ClIN2O/c1-17-11-5-2-9(3-6-11)14(19)18-13-7-4-10(15)8-12(13)16/h2-8,17H,1H3,(H,18,19). The van der Waals surface area contributed by atoms with Crippen LogP contribution in [0.1, 0.15) is 10.4 Å². The van der Waals surface area contributed by atoms with Crippen LogP contribution in [0.4, 0.5) is 11.4 Å². The second-order valence-corrected chi connectivity index (χ2v) is 5.50. The van der Waals surface area contributed by atoms with Crippen molar-refractivity contribution in [2.24, 2.45) is 0 Å². The number of carbonyl (C=O) groups excluding carboxylic acids is 1. The fourth-order valence-electron chi connectivity index (χ4n) is 1.57. The Bertz CT molecular complexity index is 599. The Morgan fingerprint density at radius 3 is 2.42 bits per heavy atom. The third kappa shape index (κ3) is 3.61. The van der Waals surface area contributed by atoms with E-state index in [1.165, 1.54) is 0 Å². The van der Waals surface area contributed by atoms with E-state index in [1.54, 1.807) is 24.3 Å². The first-order chi connectivity index (χ1) is 9.10. The lowest BCUT2D eigenvalue weighted by Crippen LogP contribution is -2.12. The highest BCUT2D eigenvalue weighted by Crippen LogP contribution is 2.23. The Morgan fingerprint density at radius 2 is 1.84 bits per heavy atom. The van der Waals surface area contributed by atoms with Crippen LogP contribution in [0.2, 0.25) is 5.02 Å². The van der Waals surface area contributed by atoms with E-state index in [9.17, 15) is 4.79 Å². The molecule has 0 radical (unpaired) electrons. The first-order valence-electron chi connectivity index (χ1n) is 5.64. The summed E-state index contributed by atoms with van der Waals surface area (Å²) in [6, 6.07) is 12.6. The van der Waals surface area contributed by atoms with Crippen molar-refractivity contribution in [1.29, 1.82) is 0 Å². The number of amides is 1. The van der Waals surface area contributed by atoms with Crippen LogP contribution in [-0.2, 0) is 0 Å². The summed E-state index contributed by atoms with van der Waals surface area (Å²) in [6.07, 6.45) is 0. The van der Waals surface area contributed by atoms with Crippen LogP contribution >= 0.6 is 34.2 Å². The molecule has 0 spiro atoms. The second kappa shape index (κ2) is 6.25. The molecule has 0 saturated heterocycles. The molecule has 0 saturated carbocycles. The normalized spacial score (nSPS) is 10.1. The average Bonchev–Trinajstić information content (AvgIpc) is 2.42. The zero-order chi connectivity index (χ0) is 13.8. The van der Waals surface area contributed by atoms with Gasteiger partial charge >= 0.3 is 0 Å². The molecule has 0 fully saturated rings. The Kier molecular flexibility index (Phi) is 4.66. The maximum Gasteiger partial charge on any atom is 0.255 e. The van der Waals surface area contributed by atoms with Gasteiger partial charge in [-0.05, 0) is 65.1 Å². The van der Waals surface area contributed by atoms with Gasteiger partial charge in [-0.15, -0.1) is 0 Å². The van der Waals surface area contributed by atoms with E-state index in [4.69, 9.17) is 11.6 Å². The molecule has 3 nitrogen and oxygen atoms in total. The molecule has 0 aromatic heterocycles. The summed E-state index contributed by atoms with van der Waals surface area (Å²) in [4.78, 5) is 12.1. The van der Waals surface area contributed by atoms with E-state index in [0.717, 1.165) is 14.9 Å². The fourth-order valence-corrected chi connectivity index (χ4v) is 2.58. The molecule has 0 unspecified atom stereocenters. The first kappa shape index (κ1) is 14.1. The number of rotatable bonds is 3. The van der Waals surface area contributed by atoms with Crippen LogP contribution in [0.5, 0.6) is 0 Å². The summed E-state index contributed by atoms with van der Waals surface area (Å²) in [7, 11) is 1.84. The molecule has 0 atom stereocenters. The Labute approximate surface area is 130 Å². The lowest BCUT2D eigenvalue weighted by molar-refractivity contribution is 0.102. The average molecular weight is 387 g/mol. The summed E-state index contributed by atoms with van der Waals surface area (Å²) in [5, 5.41) is 6.53. The van der Waals surface area contributed by atoms with Crippen LogP contribution in [0.3, 0.4) is 0 Å². The molecule has 2 aromatic carbocycles. The van der Waals surface area contributed by atoms with Crippen LogP contribution in [0.25, 0.3) is 0 Å². The van der Waals surface area contributed by atoms with Gasteiger partial charge in [0.1, 0.15) is 0 Å². The molecule has 5 heteroatoms. The molecule has 0 aliphatic rings. The zero-order valence-electron chi connectivity index (χ0n) is 10.2. The Balaban J connectivity index is 2.15. The van der Waals surface area contributed by atoms with E-state index in [0.29, 0.717) is 10.6 Å². The second-order valence-electron chi connectivity index (χ2n) is 3.91. The molecule has 98 valence electrons. The predicted octanol–water partition coefficient (Wildman–Crippen LogP) is 4.24. The number of benzene rings is 2. The van der Waals surface area contributed by atoms with Crippen molar-refractivity contribution in [3.63, 3.8) is 0 Å².